The smallest absolute Gasteiger partial charge is 0.278 e. The number of thioether (sulfide) groups is 1. The Morgan fingerprint density at radius 2 is 1.57 bits per heavy atom. The number of nitrogens with one attached hydrogen (secondary N) is 2. The van der Waals surface area contributed by atoms with E-state index >= 15 is 0 Å². The van der Waals surface area contributed by atoms with E-state index in [-0.39, 0.29) is 17.0 Å². The molecule has 2 N–H and O–H groups in total. The predicted molar refractivity (Wildman–Crippen MR) is 138 cm³/mol. The second-order valence-electron chi connectivity index (χ2n) is 7.00. The van der Waals surface area contributed by atoms with Gasteiger partial charge in [0.2, 0.25) is 17.3 Å². The minimum Gasteiger partial charge on any atom is -0.385 e. The highest BCUT2D eigenvalue weighted by molar-refractivity contribution is 8.04. The second kappa shape index (κ2) is 14.3. The van der Waals surface area contributed by atoms with Gasteiger partial charge in [0.05, 0.1) is 4.91 Å². The fourth-order valence-electron chi connectivity index (χ4n) is 2.99. The number of hydrogen-bond acceptors (Lipinski definition) is 8. The van der Waals surface area contributed by atoms with Crippen LogP contribution in [0.2, 0.25) is 0 Å². The van der Waals surface area contributed by atoms with Gasteiger partial charge >= 0.3 is 0 Å². The zero-order chi connectivity index (χ0) is 25.6. The van der Waals surface area contributed by atoms with E-state index in [0.717, 1.165) is 13.0 Å². The Labute approximate surface area is 208 Å². The summed E-state index contributed by atoms with van der Waals surface area (Å²) in [6.07, 6.45) is 2.11. The van der Waals surface area contributed by atoms with Gasteiger partial charge < -0.3 is 20.0 Å². The number of carbonyl (C=O) groups excluding carboxylic acids is 4. The van der Waals surface area contributed by atoms with E-state index in [1.807, 2.05) is 38.0 Å². The van der Waals surface area contributed by atoms with E-state index in [4.69, 9.17) is 9.32 Å². The summed E-state index contributed by atoms with van der Waals surface area (Å²) in [6.45, 7) is 7.06. The first-order valence-corrected chi connectivity index (χ1v) is 11.9. The average Bonchev–Trinajstić information content (AvgIpc) is 3.35. The quantitative estimate of drug-likeness (QED) is 0.457. The van der Waals surface area contributed by atoms with Crippen LogP contribution in [0.5, 0.6) is 0 Å². The fourth-order valence-corrected chi connectivity index (χ4v) is 3.84. The summed E-state index contributed by atoms with van der Waals surface area (Å²) in [6, 6.07) is 19.0. The highest BCUT2D eigenvalue weighted by Crippen LogP contribution is 2.31. The molecule has 0 saturated carbocycles. The molecule has 9 heteroatoms. The van der Waals surface area contributed by atoms with Crippen molar-refractivity contribution in [2.45, 2.75) is 20.3 Å². The summed E-state index contributed by atoms with van der Waals surface area (Å²) in [5.41, 5.74) is 1.52. The molecule has 1 amide bonds. The van der Waals surface area contributed by atoms with Gasteiger partial charge in [-0.2, -0.15) is 0 Å². The standard InChI is InChI=1S/C17H14N2O4S.C8H11N.CH2O/c1-2-8-24-12-9-11(20)16-13(15(12)21)14(19-23-16)17(22)18-10-6-4-3-5-7-10;1-2-9-8-6-4-3-5-7-8;1-2/h3-7,9H,2,8H2,1H3,(H,18,22);3-7,9H,2H2,1H3;1H2. The lowest BCUT2D eigenvalue weighted by Crippen LogP contribution is -2.20. The molecule has 0 aliphatic heterocycles. The van der Waals surface area contributed by atoms with Crippen LogP contribution in [0.25, 0.3) is 0 Å². The number of ketones is 2. The third-order valence-electron chi connectivity index (χ3n) is 4.49. The van der Waals surface area contributed by atoms with E-state index in [0.29, 0.717) is 16.3 Å². The van der Waals surface area contributed by atoms with Crippen molar-refractivity contribution in [2.75, 3.05) is 22.9 Å². The van der Waals surface area contributed by atoms with Crippen LogP contribution in [-0.2, 0) is 4.79 Å². The largest absolute Gasteiger partial charge is 0.385 e. The molecule has 0 bridgehead atoms. The van der Waals surface area contributed by atoms with Gasteiger partial charge in [0, 0.05) is 24.0 Å². The van der Waals surface area contributed by atoms with Crippen molar-refractivity contribution in [3.63, 3.8) is 0 Å². The number of rotatable bonds is 7. The molecule has 3 aromatic rings. The van der Waals surface area contributed by atoms with E-state index in [1.54, 1.807) is 24.3 Å². The van der Waals surface area contributed by atoms with E-state index < -0.39 is 17.5 Å². The number of hydrogen-bond donors (Lipinski definition) is 2. The Kier molecular flexibility index (Phi) is 11.2. The van der Waals surface area contributed by atoms with Crippen LogP contribution in [0, 0.1) is 0 Å². The molecule has 0 unspecified atom stereocenters. The molecule has 4 rings (SSSR count). The molecule has 0 radical (unpaired) electrons. The summed E-state index contributed by atoms with van der Waals surface area (Å²) in [5.74, 6) is -0.915. The Bertz CT molecular complexity index is 1160. The van der Waals surface area contributed by atoms with Crippen molar-refractivity contribution in [2.24, 2.45) is 0 Å². The number of benzene rings is 2. The minimum atomic E-state index is -0.589. The van der Waals surface area contributed by atoms with Crippen LogP contribution >= 0.6 is 11.8 Å². The molecule has 182 valence electrons. The maximum atomic E-state index is 12.6. The summed E-state index contributed by atoms with van der Waals surface area (Å²) < 4.78 is 4.95. The molecule has 1 aliphatic carbocycles. The maximum absolute atomic E-state index is 12.6. The first-order valence-electron chi connectivity index (χ1n) is 10.9. The van der Waals surface area contributed by atoms with Crippen LogP contribution < -0.4 is 10.6 Å². The van der Waals surface area contributed by atoms with Crippen LogP contribution in [0.15, 0.2) is 76.2 Å². The minimum absolute atomic E-state index is 0.0606. The summed E-state index contributed by atoms with van der Waals surface area (Å²) in [4.78, 5) is 45.4. The van der Waals surface area contributed by atoms with Gasteiger partial charge in [0.1, 0.15) is 12.4 Å². The predicted octanol–water partition coefficient (Wildman–Crippen LogP) is 5.27. The number of Topliss-reactive ketones (excluding diaryl/α,β-unsaturated/α-hetero) is 1. The summed E-state index contributed by atoms with van der Waals surface area (Å²) in [7, 11) is 0. The zero-order valence-corrected chi connectivity index (χ0v) is 20.4. The first-order chi connectivity index (χ1) is 17.0. The van der Waals surface area contributed by atoms with Crippen LogP contribution in [-0.4, -0.2) is 41.7 Å². The van der Waals surface area contributed by atoms with E-state index in [2.05, 4.69) is 34.8 Å². The number of nitrogens with zero attached hydrogens (tertiary/aromatic N) is 1. The second-order valence-corrected chi connectivity index (χ2v) is 8.14. The summed E-state index contributed by atoms with van der Waals surface area (Å²) >= 11 is 1.29. The van der Waals surface area contributed by atoms with Crippen molar-refractivity contribution in [1.29, 1.82) is 0 Å². The Balaban J connectivity index is 0.000000329. The van der Waals surface area contributed by atoms with E-state index in [9.17, 15) is 14.4 Å². The Morgan fingerprint density at radius 3 is 2.14 bits per heavy atom. The van der Waals surface area contributed by atoms with Gasteiger partial charge in [-0.05, 0) is 43.4 Å². The molecule has 1 aliphatic rings. The Morgan fingerprint density at radius 1 is 0.971 bits per heavy atom. The molecule has 0 atom stereocenters. The SMILES string of the molecule is C=O.CCCSC1=CC(=O)c2onc(C(=O)Nc3ccccc3)c2C1=O.CCNc1ccccc1. The summed E-state index contributed by atoms with van der Waals surface area (Å²) in [5, 5.41) is 9.48. The molecular formula is C26H27N3O5S. The molecule has 0 fully saturated rings. The molecule has 0 saturated heterocycles. The van der Waals surface area contributed by atoms with E-state index in [1.165, 1.54) is 23.5 Å². The number of carbonyl (C=O) groups is 4. The lowest BCUT2D eigenvalue weighted by molar-refractivity contribution is -0.0980. The lowest BCUT2D eigenvalue weighted by atomic mass is 9.99. The molecule has 8 nitrogen and oxygen atoms in total. The van der Waals surface area contributed by atoms with Gasteiger partial charge in [-0.15, -0.1) is 11.8 Å². The topological polar surface area (TPSA) is 118 Å². The number of fused-ring (bicyclic) bond motifs is 1. The Hall–Kier alpha value is -3.98. The maximum Gasteiger partial charge on any atom is 0.278 e. The van der Waals surface area contributed by atoms with Gasteiger partial charge in [-0.1, -0.05) is 48.5 Å². The van der Waals surface area contributed by atoms with Gasteiger partial charge in [-0.25, -0.2) is 0 Å². The number of aromatic nitrogens is 1. The van der Waals surface area contributed by atoms with Crippen LogP contribution in [0.4, 0.5) is 11.4 Å². The molecule has 1 heterocycles. The molecule has 0 spiro atoms. The van der Waals surface area contributed by atoms with Crippen LogP contribution in [0.1, 0.15) is 51.7 Å². The third-order valence-corrected chi connectivity index (χ3v) is 5.72. The van der Waals surface area contributed by atoms with Crippen molar-refractivity contribution < 1.29 is 23.7 Å². The van der Waals surface area contributed by atoms with Crippen molar-refractivity contribution >= 4 is 47.4 Å². The monoisotopic (exact) mass is 493 g/mol. The lowest BCUT2D eigenvalue weighted by Gasteiger charge is -2.10. The van der Waals surface area contributed by atoms with Gasteiger partial charge in [0.25, 0.3) is 5.91 Å². The van der Waals surface area contributed by atoms with Crippen molar-refractivity contribution in [3.05, 3.63) is 88.7 Å². The highest BCUT2D eigenvalue weighted by atomic mass is 32.2. The van der Waals surface area contributed by atoms with Crippen molar-refractivity contribution in [3.8, 4) is 0 Å². The molecule has 1 aromatic heterocycles. The van der Waals surface area contributed by atoms with Crippen LogP contribution in [0.3, 0.4) is 0 Å². The molecular weight excluding hydrogens is 466 g/mol. The zero-order valence-electron chi connectivity index (χ0n) is 19.6. The van der Waals surface area contributed by atoms with Crippen molar-refractivity contribution in [1.82, 2.24) is 5.16 Å². The normalized spacial score (nSPS) is 11.7. The fraction of sp³-hybridized carbons (Fsp3) is 0.192. The number of allylic oxidation sites excluding steroid dienone is 2. The number of anilines is 2. The molecule has 2 aromatic carbocycles. The van der Waals surface area contributed by atoms with Gasteiger partial charge in [0.15, 0.2) is 5.69 Å². The third kappa shape index (κ3) is 7.51. The number of amides is 1. The molecule has 35 heavy (non-hydrogen) atoms. The highest BCUT2D eigenvalue weighted by Gasteiger charge is 2.35. The van der Waals surface area contributed by atoms with Gasteiger partial charge in [-0.3, -0.25) is 14.4 Å². The average molecular weight is 494 g/mol. The first kappa shape index (κ1) is 27.3. The number of para-hydroxylation sites is 2.